The molecule has 0 amide bonds. The summed E-state index contributed by atoms with van der Waals surface area (Å²) in [5.41, 5.74) is 2.94. The van der Waals surface area contributed by atoms with E-state index in [0.29, 0.717) is 17.2 Å². The van der Waals surface area contributed by atoms with E-state index in [1.165, 1.54) is 17.6 Å². The third kappa shape index (κ3) is 4.32. The SMILES string of the molecule is COC(=O)c1c(NC(=S)NCCc2ccc(Cl)cc2)sc2c1CCC2. The number of carbonyl (C=O) groups is 1. The second-order valence-electron chi connectivity index (χ2n) is 5.81. The van der Waals surface area contributed by atoms with E-state index < -0.39 is 0 Å². The van der Waals surface area contributed by atoms with Crippen LogP contribution in [-0.4, -0.2) is 24.7 Å². The largest absolute Gasteiger partial charge is 0.465 e. The molecule has 132 valence electrons. The Labute approximate surface area is 161 Å². The van der Waals surface area contributed by atoms with Crippen molar-refractivity contribution in [2.24, 2.45) is 0 Å². The highest BCUT2D eigenvalue weighted by atomic mass is 35.5. The minimum atomic E-state index is -0.300. The summed E-state index contributed by atoms with van der Waals surface area (Å²) in [7, 11) is 1.41. The zero-order valence-electron chi connectivity index (χ0n) is 13.9. The number of anilines is 1. The van der Waals surface area contributed by atoms with Crippen LogP contribution in [0.25, 0.3) is 0 Å². The maximum absolute atomic E-state index is 12.1. The Morgan fingerprint density at radius 1 is 1.32 bits per heavy atom. The van der Waals surface area contributed by atoms with Gasteiger partial charge in [-0.3, -0.25) is 0 Å². The van der Waals surface area contributed by atoms with E-state index in [9.17, 15) is 4.79 Å². The van der Waals surface area contributed by atoms with Crippen LogP contribution < -0.4 is 10.6 Å². The third-order valence-electron chi connectivity index (χ3n) is 4.15. The Balaban J connectivity index is 1.59. The molecule has 0 saturated heterocycles. The van der Waals surface area contributed by atoms with E-state index in [1.807, 2.05) is 24.3 Å². The van der Waals surface area contributed by atoms with Gasteiger partial charge in [-0.15, -0.1) is 11.3 Å². The van der Waals surface area contributed by atoms with Gasteiger partial charge in [0.15, 0.2) is 5.11 Å². The zero-order chi connectivity index (χ0) is 17.8. The monoisotopic (exact) mass is 394 g/mol. The quantitative estimate of drug-likeness (QED) is 0.587. The van der Waals surface area contributed by atoms with Crippen LogP contribution in [0.15, 0.2) is 24.3 Å². The molecule has 0 saturated carbocycles. The van der Waals surface area contributed by atoms with Crippen molar-refractivity contribution in [1.29, 1.82) is 0 Å². The number of aryl methyl sites for hydroxylation is 1. The van der Waals surface area contributed by atoms with Crippen molar-refractivity contribution >= 4 is 51.2 Å². The number of nitrogens with one attached hydrogen (secondary N) is 2. The van der Waals surface area contributed by atoms with Gasteiger partial charge in [0.2, 0.25) is 0 Å². The molecule has 4 nitrogen and oxygen atoms in total. The summed E-state index contributed by atoms with van der Waals surface area (Å²) in [4.78, 5) is 13.4. The molecule has 1 aromatic heterocycles. The minimum Gasteiger partial charge on any atom is -0.465 e. The van der Waals surface area contributed by atoms with Crippen molar-refractivity contribution in [1.82, 2.24) is 5.32 Å². The van der Waals surface area contributed by atoms with E-state index in [-0.39, 0.29) is 5.97 Å². The Morgan fingerprint density at radius 2 is 2.08 bits per heavy atom. The Bertz CT molecular complexity index is 787. The molecule has 1 aromatic carbocycles. The molecule has 2 aromatic rings. The molecule has 0 fully saturated rings. The van der Waals surface area contributed by atoms with Gasteiger partial charge in [-0.25, -0.2) is 4.79 Å². The lowest BCUT2D eigenvalue weighted by Gasteiger charge is -2.11. The maximum Gasteiger partial charge on any atom is 0.341 e. The lowest BCUT2D eigenvalue weighted by atomic mass is 10.1. The standard InChI is InChI=1S/C18H19ClN2O2S2/c1-23-17(22)15-13-3-2-4-14(13)25-16(15)21-18(24)20-10-9-11-5-7-12(19)8-6-11/h5-8H,2-4,9-10H2,1H3,(H2,20,21,24). The first kappa shape index (κ1) is 18.2. The molecule has 0 bridgehead atoms. The fourth-order valence-corrected chi connectivity index (χ4v) is 4.61. The van der Waals surface area contributed by atoms with Crippen LogP contribution in [0.2, 0.25) is 5.02 Å². The van der Waals surface area contributed by atoms with Crippen LogP contribution in [0.4, 0.5) is 5.00 Å². The molecule has 2 N–H and O–H groups in total. The summed E-state index contributed by atoms with van der Waals surface area (Å²) in [6, 6.07) is 7.76. The smallest absolute Gasteiger partial charge is 0.341 e. The number of halogens is 1. The van der Waals surface area contributed by atoms with Crippen molar-refractivity contribution in [3.8, 4) is 0 Å². The first-order valence-corrected chi connectivity index (χ1v) is 9.71. The van der Waals surface area contributed by atoms with E-state index in [2.05, 4.69) is 10.6 Å². The van der Waals surface area contributed by atoms with Crippen molar-refractivity contribution < 1.29 is 9.53 Å². The van der Waals surface area contributed by atoms with Crippen LogP contribution in [0.1, 0.15) is 32.8 Å². The second-order valence-corrected chi connectivity index (χ2v) is 7.76. The number of thiophene rings is 1. The van der Waals surface area contributed by atoms with Crippen molar-refractivity contribution in [2.45, 2.75) is 25.7 Å². The highest BCUT2D eigenvalue weighted by Gasteiger charge is 2.27. The number of benzene rings is 1. The zero-order valence-corrected chi connectivity index (χ0v) is 16.2. The molecule has 3 rings (SSSR count). The summed E-state index contributed by atoms with van der Waals surface area (Å²) < 4.78 is 4.94. The molecule has 1 aliphatic rings. The molecule has 0 aliphatic heterocycles. The molecule has 0 spiro atoms. The molecule has 0 unspecified atom stereocenters. The molecular weight excluding hydrogens is 376 g/mol. The van der Waals surface area contributed by atoms with Crippen LogP contribution in [0.3, 0.4) is 0 Å². The Hall–Kier alpha value is -1.63. The number of carbonyl (C=O) groups excluding carboxylic acids is 1. The summed E-state index contributed by atoms with van der Waals surface area (Å²) in [6.45, 7) is 0.701. The second kappa shape index (κ2) is 8.17. The lowest BCUT2D eigenvalue weighted by Crippen LogP contribution is -2.30. The number of fused-ring (bicyclic) bond motifs is 1. The van der Waals surface area contributed by atoms with Gasteiger partial charge in [-0.2, -0.15) is 0 Å². The number of rotatable bonds is 5. The van der Waals surface area contributed by atoms with E-state index >= 15 is 0 Å². The lowest BCUT2D eigenvalue weighted by molar-refractivity contribution is 0.0601. The first-order valence-electron chi connectivity index (χ1n) is 8.10. The first-order chi connectivity index (χ1) is 12.1. The summed E-state index contributed by atoms with van der Waals surface area (Å²) >= 11 is 12.9. The normalized spacial score (nSPS) is 12.6. The number of hydrogen-bond donors (Lipinski definition) is 2. The summed E-state index contributed by atoms with van der Waals surface area (Å²) in [5.74, 6) is -0.300. The topological polar surface area (TPSA) is 50.4 Å². The van der Waals surface area contributed by atoms with Gasteiger partial charge in [-0.05, 0) is 61.2 Å². The molecule has 1 heterocycles. The highest BCUT2D eigenvalue weighted by Crippen LogP contribution is 2.39. The number of ether oxygens (including phenoxy) is 1. The molecule has 7 heteroatoms. The predicted molar refractivity (Wildman–Crippen MR) is 107 cm³/mol. The van der Waals surface area contributed by atoms with Crippen LogP contribution in [-0.2, 0) is 24.0 Å². The predicted octanol–water partition coefficient (Wildman–Crippen LogP) is 4.21. The van der Waals surface area contributed by atoms with E-state index in [1.54, 1.807) is 11.3 Å². The molecule has 0 atom stereocenters. The van der Waals surface area contributed by atoms with Gasteiger partial charge in [0, 0.05) is 16.4 Å². The Kier molecular flexibility index (Phi) is 5.93. The van der Waals surface area contributed by atoms with Crippen molar-refractivity contribution in [3.63, 3.8) is 0 Å². The number of thiocarbonyl (C=S) groups is 1. The highest BCUT2D eigenvalue weighted by molar-refractivity contribution is 7.80. The fourth-order valence-electron chi connectivity index (χ4n) is 2.93. The molecule has 1 aliphatic carbocycles. The van der Waals surface area contributed by atoms with Gasteiger partial charge in [-0.1, -0.05) is 23.7 Å². The number of hydrogen-bond acceptors (Lipinski definition) is 4. The number of esters is 1. The van der Waals surface area contributed by atoms with E-state index in [0.717, 1.165) is 41.3 Å². The average Bonchev–Trinajstić information content (AvgIpc) is 3.16. The minimum absolute atomic E-state index is 0.300. The van der Waals surface area contributed by atoms with E-state index in [4.69, 9.17) is 28.6 Å². The van der Waals surface area contributed by atoms with Crippen molar-refractivity contribution in [3.05, 3.63) is 50.9 Å². The average molecular weight is 395 g/mol. The summed E-state index contributed by atoms with van der Waals surface area (Å²) in [6.07, 6.45) is 3.87. The molecular formula is C18H19ClN2O2S2. The van der Waals surface area contributed by atoms with Gasteiger partial charge in [0.05, 0.1) is 12.7 Å². The summed E-state index contributed by atoms with van der Waals surface area (Å²) in [5, 5.41) is 8.38. The van der Waals surface area contributed by atoms with Gasteiger partial charge >= 0.3 is 5.97 Å². The fraction of sp³-hybridized carbons (Fsp3) is 0.333. The Morgan fingerprint density at radius 3 is 2.80 bits per heavy atom. The maximum atomic E-state index is 12.1. The van der Waals surface area contributed by atoms with Gasteiger partial charge < -0.3 is 15.4 Å². The van der Waals surface area contributed by atoms with Crippen molar-refractivity contribution in [2.75, 3.05) is 19.0 Å². The molecule has 0 radical (unpaired) electrons. The van der Waals surface area contributed by atoms with Crippen LogP contribution in [0, 0.1) is 0 Å². The third-order valence-corrected chi connectivity index (χ3v) is 5.86. The van der Waals surface area contributed by atoms with Gasteiger partial charge in [0.25, 0.3) is 0 Å². The van der Waals surface area contributed by atoms with Gasteiger partial charge in [0.1, 0.15) is 5.00 Å². The van der Waals surface area contributed by atoms with Crippen LogP contribution >= 0.6 is 35.2 Å². The number of methoxy groups -OCH3 is 1. The molecule has 25 heavy (non-hydrogen) atoms. The van der Waals surface area contributed by atoms with Crippen LogP contribution in [0.5, 0.6) is 0 Å².